The first kappa shape index (κ1) is 20.2. The number of rotatable bonds is 6. The molecule has 0 atom stereocenters. The Labute approximate surface area is 190 Å². The van der Waals surface area contributed by atoms with E-state index in [-0.39, 0.29) is 5.95 Å². The normalized spacial score (nSPS) is 10.7. The largest absolute Gasteiger partial charge is 0.438 e. The van der Waals surface area contributed by atoms with Gasteiger partial charge in [-0.1, -0.05) is 30.3 Å². The molecule has 2 aromatic carbocycles. The Morgan fingerprint density at radius 3 is 2.42 bits per heavy atom. The van der Waals surface area contributed by atoms with Gasteiger partial charge in [-0.15, -0.1) is 0 Å². The zero-order chi connectivity index (χ0) is 22.6. The minimum atomic E-state index is 0.197. The highest BCUT2D eigenvalue weighted by Crippen LogP contribution is 2.31. The van der Waals surface area contributed by atoms with Gasteiger partial charge in [-0.2, -0.15) is 0 Å². The number of anilines is 3. The number of hydrogen-bond acceptors (Lipinski definition) is 7. The number of imidazole rings is 1. The minimum absolute atomic E-state index is 0.197. The number of aromatic nitrogens is 5. The Morgan fingerprint density at radius 2 is 1.64 bits per heavy atom. The van der Waals surface area contributed by atoms with Gasteiger partial charge >= 0.3 is 0 Å². The van der Waals surface area contributed by atoms with Crippen LogP contribution in [0.2, 0.25) is 0 Å². The van der Waals surface area contributed by atoms with Crippen LogP contribution in [-0.4, -0.2) is 24.5 Å². The fourth-order valence-corrected chi connectivity index (χ4v) is 3.37. The Bertz CT molecular complexity index is 1380. The molecule has 0 fully saturated rings. The average molecular weight is 435 g/mol. The lowest BCUT2D eigenvalue weighted by atomic mass is 10.2. The summed E-state index contributed by atoms with van der Waals surface area (Å²) in [5.41, 5.74) is 9.98. The lowest BCUT2D eigenvalue weighted by Gasteiger charge is -2.11. The summed E-state index contributed by atoms with van der Waals surface area (Å²) in [7, 11) is 1.96. The number of aryl methyl sites for hydroxylation is 1. The van der Waals surface area contributed by atoms with E-state index in [1.54, 1.807) is 18.5 Å². The maximum Gasteiger partial charge on any atom is 0.228 e. The van der Waals surface area contributed by atoms with Crippen molar-refractivity contribution in [3.05, 3.63) is 91.4 Å². The molecular formula is C25H21N7O. The predicted octanol–water partition coefficient (Wildman–Crippen LogP) is 5.06. The van der Waals surface area contributed by atoms with Crippen LogP contribution in [0.25, 0.3) is 22.5 Å². The molecule has 5 aromatic rings. The number of pyridine rings is 1. The van der Waals surface area contributed by atoms with Gasteiger partial charge in [-0.05, 0) is 42.5 Å². The van der Waals surface area contributed by atoms with Crippen LogP contribution < -0.4 is 15.8 Å². The maximum atomic E-state index is 6.03. The van der Waals surface area contributed by atoms with Crippen LogP contribution in [0, 0.1) is 0 Å². The van der Waals surface area contributed by atoms with Crippen LogP contribution in [0.1, 0.15) is 0 Å². The molecule has 3 heterocycles. The van der Waals surface area contributed by atoms with E-state index in [4.69, 9.17) is 15.5 Å². The molecular weight excluding hydrogens is 414 g/mol. The van der Waals surface area contributed by atoms with E-state index in [1.165, 1.54) is 0 Å². The summed E-state index contributed by atoms with van der Waals surface area (Å²) >= 11 is 0. The number of nitrogens with one attached hydrogen (secondary N) is 1. The molecule has 5 rings (SSSR count). The van der Waals surface area contributed by atoms with Gasteiger partial charge in [0.2, 0.25) is 17.8 Å². The summed E-state index contributed by atoms with van der Waals surface area (Å²) in [6.45, 7) is 0. The second-order valence-electron chi connectivity index (χ2n) is 7.33. The van der Waals surface area contributed by atoms with Crippen molar-refractivity contribution in [1.82, 2.24) is 24.5 Å². The van der Waals surface area contributed by atoms with Crippen LogP contribution in [0.3, 0.4) is 0 Å². The van der Waals surface area contributed by atoms with Crippen molar-refractivity contribution in [1.29, 1.82) is 0 Å². The lowest BCUT2D eigenvalue weighted by Crippen LogP contribution is -1.99. The Hall–Kier alpha value is -4.72. The van der Waals surface area contributed by atoms with Gasteiger partial charge in [0, 0.05) is 36.9 Å². The van der Waals surface area contributed by atoms with Gasteiger partial charge in [-0.25, -0.2) is 19.9 Å². The topological polar surface area (TPSA) is 104 Å². The van der Waals surface area contributed by atoms with Crippen LogP contribution >= 0.6 is 0 Å². The smallest absolute Gasteiger partial charge is 0.228 e. The molecule has 0 spiro atoms. The number of nitrogens with zero attached hydrogens (tertiary/aromatic N) is 5. The number of hydrogen-bond donors (Lipinski definition) is 2. The quantitative estimate of drug-likeness (QED) is 0.384. The van der Waals surface area contributed by atoms with Gasteiger partial charge in [0.1, 0.15) is 5.75 Å². The SMILES string of the molecule is Cn1cc(-c2ccccc2)nc1Nc1ccc(Oc2ncccc2-c2ccnc(N)n2)cc1. The highest BCUT2D eigenvalue weighted by Gasteiger charge is 2.11. The lowest BCUT2D eigenvalue weighted by molar-refractivity contribution is 0.465. The van der Waals surface area contributed by atoms with Crippen molar-refractivity contribution < 1.29 is 4.74 Å². The summed E-state index contributed by atoms with van der Waals surface area (Å²) in [5.74, 6) is 2.03. The third kappa shape index (κ3) is 4.49. The second-order valence-corrected chi connectivity index (χ2v) is 7.33. The van der Waals surface area contributed by atoms with Gasteiger partial charge < -0.3 is 20.4 Å². The first-order valence-electron chi connectivity index (χ1n) is 10.3. The first-order chi connectivity index (χ1) is 16.2. The molecule has 0 saturated heterocycles. The highest BCUT2D eigenvalue weighted by molar-refractivity contribution is 5.66. The summed E-state index contributed by atoms with van der Waals surface area (Å²) in [6, 6.07) is 23.2. The second kappa shape index (κ2) is 8.80. The predicted molar refractivity (Wildman–Crippen MR) is 128 cm³/mol. The van der Waals surface area contributed by atoms with E-state index < -0.39 is 0 Å². The summed E-state index contributed by atoms with van der Waals surface area (Å²) < 4.78 is 7.99. The monoisotopic (exact) mass is 435 g/mol. The third-order valence-electron chi connectivity index (χ3n) is 4.99. The van der Waals surface area contributed by atoms with Gasteiger partial charge in [-0.3, -0.25) is 0 Å². The molecule has 8 heteroatoms. The zero-order valence-corrected chi connectivity index (χ0v) is 17.9. The van der Waals surface area contributed by atoms with E-state index >= 15 is 0 Å². The van der Waals surface area contributed by atoms with Crippen molar-refractivity contribution >= 4 is 17.6 Å². The zero-order valence-electron chi connectivity index (χ0n) is 17.9. The molecule has 8 nitrogen and oxygen atoms in total. The maximum absolute atomic E-state index is 6.03. The number of benzene rings is 2. The summed E-state index contributed by atoms with van der Waals surface area (Å²) in [5, 5.41) is 3.35. The van der Waals surface area contributed by atoms with Crippen molar-refractivity contribution in [2.24, 2.45) is 7.05 Å². The molecule has 0 saturated carbocycles. The van der Waals surface area contributed by atoms with Crippen LogP contribution in [0.15, 0.2) is 91.4 Å². The third-order valence-corrected chi connectivity index (χ3v) is 4.99. The molecule has 0 aliphatic heterocycles. The Kier molecular flexibility index (Phi) is 5.38. The highest BCUT2D eigenvalue weighted by atomic mass is 16.5. The molecule has 0 aliphatic carbocycles. The van der Waals surface area contributed by atoms with Gasteiger partial charge in [0.25, 0.3) is 0 Å². The van der Waals surface area contributed by atoms with Crippen LogP contribution in [-0.2, 0) is 7.05 Å². The molecule has 162 valence electrons. The summed E-state index contributed by atoms with van der Waals surface area (Å²) in [4.78, 5) is 17.3. The fourth-order valence-electron chi connectivity index (χ4n) is 3.37. The molecule has 3 N–H and O–H groups in total. The Balaban J connectivity index is 1.33. The number of nitrogen functional groups attached to an aromatic ring is 1. The van der Waals surface area contributed by atoms with Crippen molar-refractivity contribution in [3.8, 4) is 34.1 Å². The average Bonchev–Trinajstić information content (AvgIpc) is 3.21. The molecule has 0 radical (unpaired) electrons. The minimum Gasteiger partial charge on any atom is -0.438 e. The van der Waals surface area contributed by atoms with Crippen molar-refractivity contribution in [2.75, 3.05) is 11.1 Å². The van der Waals surface area contributed by atoms with E-state index in [2.05, 4.69) is 20.3 Å². The molecule has 0 unspecified atom stereocenters. The standard InChI is InChI=1S/C25H21N7O/c1-32-16-22(17-6-3-2-4-7-17)31-25(32)29-18-9-11-19(12-10-18)33-23-20(8-5-14-27-23)21-13-15-28-24(26)30-21/h2-16H,1H3,(H,29,31)(H2,26,28,30). The summed E-state index contributed by atoms with van der Waals surface area (Å²) in [6.07, 6.45) is 5.28. The first-order valence-corrected chi connectivity index (χ1v) is 10.3. The number of nitrogens with two attached hydrogens (primary N) is 1. The van der Waals surface area contributed by atoms with Crippen molar-refractivity contribution in [2.45, 2.75) is 0 Å². The molecule has 0 amide bonds. The molecule has 0 bridgehead atoms. The molecule has 0 aliphatic rings. The molecule has 3 aromatic heterocycles. The van der Waals surface area contributed by atoms with Gasteiger partial charge in [0.05, 0.1) is 17.0 Å². The van der Waals surface area contributed by atoms with Crippen LogP contribution in [0.4, 0.5) is 17.6 Å². The van der Waals surface area contributed by atoms with E-state index in [1.807, 2.05) is 84.5 Å². The van der Waals surface area contributed by atoms with E-state index in [0.29, 0.717) is 17.3 Å². The number of ether oxygens (including phenoxy) is 1. The fraction of sp³-hybridized carbons (Fsp3) is 0.0400. The van der Waals surface area contributed by atoms with Crippen LogP contribution in [0.5, 0.6) is 11.6 Å². The van der Waals surface area contributed by atoms with E-state index in [0.717, 1.165) is 28.5 Å². The Morgan fingerprint density at radius 1 is 0.818 bits per heavy atom. The van der Waals surface area contributed by atoms with Crippen molar-refractivity contribution in [3.63, 3.8) is 0 Å². The van der Waals surface area contributed by atoms with Gasteiger partial charge in [0.15, 0.2) is 0 Å². The van der Waals surface area contributed by atoms with E-state index in [9.17, 15) is 0 Å². The molecule has 33 heavy (non-hydrogen) atoms.